The van der Waals surface area contributed by atoms with Crippen molar-refractivity contribution in [3.8, 4) is 0 Å². The van der Waals surface area contributed by atoms with E-state index in [2.05, 4.69) is 15.2 Å². The highest BCUT2D eigenvalue weighted by Gasteiger charge is 2.32. The van der Waals surface area contributed by atoms with Crippen LogP contribution < -0.4 is 10.1 Å². The Morgan fingerprint density at radius 3 is 2.56 bits per heavy atom. The molecule has 27 heavy (non-hydrogen) atoms. The molecule has 7 nitrogen and oxygen atoms in total. The fraction of sp³-hybridized carbons (Fsp3) is 0.0588. The molecule has 0 aliphatic carbocycles. The van der Waals surface area contributed by atoms with Crippen molar-refractivity contribution in [2.75, 3.05) is 0 Å². The lowest BCUT2D eigenvalue weighted by Crippen LogP contribution is -2.37. The van der Waals surface area contributed by atoms with E-state index in [4.69, 9.17) is 23.2 Å². The Kier molecular flexibility index (Phi) is 5.14. The minimum atomic E-state index is -3.98. The Morgan fingerprint density at radius 1 is 1.15 bits per heavy atom. The molecule has 0 aromatic heterocycles. The van der Waals surface area contributed by atoms with Crippen molar-refractivity contribution in [3.05, 3.63) is 69.3 Å². The van der Waals surface area contributed by atoms with Gasteiger partial charge in [-0.15, -0.1) is 0 Å². The first kappa shape index (κ1) is 19.2. The van der Waals surface area contributed by atoms with Gasteiger partial charge in [0.15, 0.2) is 11.5 Å². The minimum absolute atomic E-state index is 0.0339. The first-order valence-corrected chi connectivity index (χ1v) is 9.80. The Morgan fingerprint density at radius 2 is 1.85 bits per heavy atom. The van der Waals surface area contributed by atoms with Crippen LogP contribution in [0.1, 0.15) is 18.1 Å². The zero-order valence-electron chi connectivity index (χ0n) is 13.8. The van der Waals surface area contributed by atoms with E-state index in [0.717, 1.165) is 0 Å². The van der Waals surface area contributed by atoms with Gasteiger partial charge in [0.05, 0.1) is 20.7 Å². The maximum absolute atomic E-state index is 12.4. The number of nitrogens with zero attached hydrogens (tertiary/aromatic N) is 1. The lowest BCUT2D eigenvalue weighted by molar-refractivity contribution is -0.117. The summed E-state index contributed by atoms with van der Waals surface area (Å²) in [4.78, 5) is 12.2. The number of hydrazone groups is 1. The maximum atomic E-state index is 12.4. The number of sulfonamides is 1. The second-order valence-corrected chi connectivity index (χ2v) is 8.06. The molecule has 3 N–H and O–H groups in total. The zero-order valence-corrected chi connectivity index (χ0v) is 16.2. The van der Waals surface area contributed by atoms with Gasteiger partial charge in [-0.3, -0.25) is 9.52 Å². The number of benzene rings is 2. The average Bonchev–Trinajstić information content (AvgIpc) is 2.65. The minimum Gasteiger partial charge on any atom is -0.505 e. The van der Waals surface area contributed by atoms with E-state index in [-0.39, 0.29) is 10.5 Å². The van der Waals surface area contributed by atoms with Gasteiger partial charge in [-0.1, -0.05) is 41.4 Å². The summed E-state index contributed by atoms with van der Waals surface area (Å²) < 4.78 is 26.6. The molecule has 1 aliphatic rings. The van der Waals surface area contributed by atoms with Crippen LogP contribution in [-0.4, -0.2) is 25.1 Å². The number of rotatable bonds is 3. The van der Waals surface area contributed by atoms with Crippen molar-refractivity contribution in [2.45, 2.75) is 11.8 Å². The van der Waals surface area contributed by atoms with Crippen LogP contribution in [0.4, 0.5) is 0 Å². The highest BCUT2D eigenvalue weighted by Crippen LogP contribution is 2.28. The number of amides is 1. The average molecular weight is 426 g/mol. The highest BCUT2D eigenvalue weighted by molar-refractivity contribution is 7.89. The van der Waals surface area contributed by atoms with E-state index in [9.17, 15) is 18.3 Å². The van der Waals surface area contributed by atoms with Crippen LogP contribution >= 0.6 is 23.2 Å². The van der Waals surface area contributed by atoms with E-state index in [0.29, 0.717) is 21.3 Å². The van der Waals surface area contributed by atoms with Crippen LogP contribution in [0, 0.1) is 0 Å². The van der Waals surface area contributed by atoms with Crippen molar-refractivity contribution in [2.24, 2.45) is 5.10 Å². The Balaban J connectivity index is 1.89. The molecule has 3 rings (SSSR count). The van der Waals surface area contributed by atoms with Crippen LogP contribution in [0.3, 0.4) is 0 Å². The molecular weight excluding hydrogens is 413 g/mol. The van der Waals surface area contributed by atoms with Gasteiger partial charge in [-0.2, -0.15) is 5.10 Å². The Hall–Kier alpha value is -2.55. The van der Waals surface area contributed by atoms with Crippen molar-refractivity contribution in [1.29, 1.82) is 0 Å². The van der Waals surface area contributed by atoms with Crippen molar-refractivity contribution in [3.63, 3.8) is 0 Å². The number of carbonyl (C=O) groups is 1. The Bertz CT molecular complexity index is 1110. The predicted molar refractivity (Wildman–Crippen MR) is 103 cm³/mol. The number of fused-ring (bicyclic) bond motifs is 1. The van der Waals surface area contributed by atoms with Gasteiger partial charge in [-0.05, 0) is 36.8 Å². The molecular formula is C17H13Cl2N3O4S. The summed E-state index contributed by atoms with van der Waals surface area (Å²) in [5.74, 6) is -1.40. The normalized spacial score (nSPS) is 15.7. The molecule has 1 heterocycles. The molecule has 1 aliphatic heterocycles. The molecule has 0 saturated carbocycles. The van der Waals surface area contributed by atoms with Gasteiger partial charge in [0.25, 0.3) is 15.9 Å². The number of halogens is 2. The fourth-order valence-corrected chi connectivity index (χ4v) is 3.98. The number of nitrogens with one attached hydrogen (secondary N) is 2. The highest BCUT2D eigenvalue weighted by atomic mass is 35.5. The second kappa shape index (κ2) is 7.22. The van der Waals surface area contributed by atoms with E-state index in [1.165, 1.54) is 18.2 Å². The van der Waals surface area contributed by atoms with Gasteiger partial charge in [0.2, 0.25) is 0 Å². The van der Waals surface area contributed by atoms with Gasteiger partial charge >= 0.3 is 0 Å². The van der Waals surface area contributed by atoms with Gasteiger partial charge < -0.3 is 5.11 Å². The summed E-state index contributed by atoms with van der Waals surface area (Å²) >= 11 is 11.8. The van der Waals surface area contributed by atoms with Crippen molar-refractivity contribution >= 4 is 50.6 Å². The van der Waals surface area contributed by atoms with E-state index in [1.54, 1.807) is 31.2 Å². The molecule has 140 valence electrons. The Labute approximate surface area is 165 Å². The SMILES string of the molecule is C/C(=N\NC(=O)C1=C(O)c2ccccc2S(=O)(=O)N1)c1ccc(Cl)c(Cl)c1. The lowest BCUT2D eigenvalue weighted by atomic mass is 10.1. The maximum Gasteiger partial charge on any atom is 0.292 e. The van der Waals surface area contributed by atoms with E-state index in [1.807, 2.05) is 0 Å². The molecule has 2 aromatic rings. The third-order valence-corrected chi connectivity index (χ3v) is 5.94. The molecule has 0 radical (unpaired) electrons. The molecule has 0 unspecified atom stereocenters. The standard InChI is InChI=1S/C17H13Cl2N3O4S/c1-9(10-6-7-12(18)13(19)8-10)20-21-17(24)15-16(23)11-4-2-3-5-14(11)27(25,26)22-15/h2-8,22-23H,1H3,(H,21,24)/b20-9+. The van der Waals surface area contributed by atoms with Crippen LogP contribution in [0.5, 0.6) is 0 Å². The second-order valence-electron chi connectivity index (χ2n) is 5.59. The third kappa shape index (κ3) is 3.78. The molecule has 10 heteroatoms. The molecule has 1 amide bonds. The van der Waals surface area contributed by atoms with Gasteiger partial charge in [-0.25, -0.2) is 13.8 Å². The van der Waals surface area contributed by atoms with Crippen LogP contribution in [0.2, 0.25) is 10.0 Å². The van der Waals surface area contributed by atoms with Crippen LogP contribution in [0.25, 0.3) is 5.76 Å². The zero-order chi connectivity index (χ0) is 19.8. The summed E-state index contributed by atoms with van der Waals surface area (Å²) in [7, 11) is -3.98. The summed E-state index contributed by atoms with van der Waals surface area (Å²) in [5.41, 5.74) is 2.74. The number of hydrogen-bond acceptors (Lipinski definition) is 5. The molecule has 2 aromatic carbocycles. The summed E-state index contributed by atoms with van der Waals surface area (Å²) in [6.45, 7) is 1.62. The van der Waals surface area contributed by atoms with E-state index < -0.39 is 27.4 Å². The van der Waals surface area contributed by atoms with Crippen LogP contribution in [-0.2, 0) is 14.8 Å². The van der Waals surface area contributed by atoms with E-state index >= 15 is 0 Å². The molecule has 0 bridgehead atoms. The molecule has 0 spiro atoms. The van der Waals surface area contributed by atoms with Crippen molar-refractivity contribution < 1.29 is 18.3 Å². The fourth-order valence-electron chi connectivity index (χ4n) is 2.40. The predicted octanol–water partition coefficient (Wildman–Crippen LogP) is 3.05. The largest absolute Gasteiger partial charge is 0.505 e. The number of aliphatic hydroxyl groups is 1. The molecule has 0 fully saturated rings. The van der Waals surface area contributed by atoms with Crippen molar-refractivity contribution in [1.82, 2.24) is 10.1 Å². The van der Waals surface area contributed by atoms with Gasteiger partial charge in [0, 0.05) is 5.56 Å². The third-order valence-electron chi connectivity index (χ3n) is 3.79. The summed E-state index contributed by atoms with van der Waals surface area (Å²) in [6.07, 6.45) is 0. The quantitative estimate of drug-likeness (QED) is 0.518. The smallest absolute Gasteiger partial charge is 0.292 e. The summed E-state index contributed by atoms with van der Waals surface area (Å²) in [6, 6.07) is 10.6. The molecule has 0 saturated heterocycles. The number of hydrogen-bond donors (Lipinski definition) is 3. The number of aliphatic hydroxyl groups excluding tert-OH is 1. The monoisotopic (exact) mass is 425 g/mol. The number of carbonyl (C=O) groups excluding carboxylic acids is 1. The van der Waals surface area contributed by atoms with Crippen LogP contribution in [0.15, 0.2) is 58.2 Å². The lowest BCUT2D eigenvalue weighted by Gasteiger charge is -2.20. The first-order valence-electron chi connectivity index (χ1n) is 7.56. The summed E-state index contributed by atoms with van der Waals surface area (Å²) in [5, 5.41) is 14.9. The first-order chi connectivity index (χ1) is 12.7. The molecule has 0 atom stereocenters. The van der Waals surface area contributed by atoms with Gasteiger partial charge in [0.1, 0.15) is 0 Å². The topological polar surface area (TPSA) is 108 Å².